The number of hydrogen-bond acceptors (Lipinski definition) is 4. The van der Waals surface area contributed by atoms with Gasteiger partial charge in [-0.15, -0.1) is 0 Å². The summed E-state index contributed by atoms with van der Waals surface area (Å²) in [6.07, 6.45) is 2.77. The molecule has 0 spiro atoms. The molecule has 0 saturated carbocycles. The molecule has 132 valence electrons. The van der Waals surface area contributed by atoms with Crippen molar-refractivity contribution in [3.63, 3.8) is 0 Å². The Hall–Kier alpha value is -1.66. The van der Waals surface area contributed by atoms with E-state index in [0.717, 1.165) is 38.9 Å². The van der Waals surface area contributed by atoms with Crippen LogP contribution in [0.3, 0.4) is 0 Å². The molecule has 1 atom stereocenters. The van der Waals surface area contributed by atoms with Crippen molar-refractivity contribution in [1.29, 1.82) is 0 Å². The van der Waals surface area contributed by atoms with E-state index in [4.69, 9.17) is 9.47 Å². The maximum absolute atomic E-state index is 12.8. The minimum Gasteiger partial charge on any atom is -0.492 e. The van der Waals surface area contributed by atoms with Gasteiger partial charge >= 0.3 is 0 Å². The summed E-state index contributed by atoms with van der Waals surface area (Å²) in [7, 11) is 0. The largest absolute Gasteiger partial charge is 0.492 e. The van der Waals surface area contributed by atoms with Crippen LogP contribution in [0.2, 0.25) is 0 Å². The van der Waals surface area contributed by atoms with E-state index >= 15 is 0 Å². The average Bonchev–Trinajstić information content (AvgIpc) is 3.13. The van der Waals surface area contributed by atoms with E-state index < -0.39 is 0 Å². The summed E-state index contributed by atoms with van der Waals surface area (Å²) in [4.78, 5) is 14.4. The fourth-order valence-corrected chi connectivity index (χ4v) is 3.18. The van der Waals surface area contributed by atoms with Crippen LogP contribution < -0.4 is 10.1 Å². The number of likely N-dealkylation sites (tertiary alicyclic amines) is 1. The Balaban J connectivity index is 1.31. The number of nitrogens with one attached hydrogen (secondary N) is 1. The predicted molar refractivity (Wildman–Crippen MR) is 88.4 cm³/mol. The molecule has 2 saturated heterocycles. The average molecular weight is 336 g/mol. The molecule has 2 heterocycles. The summed E-state index contributed by atoms with van der Waals surface area (Å²) in [5.74, 6) is 0.616. The highest BCUT2D eigenvalue weighted by atomic mass is 19.1. The van der Waals surface area contributed by atoms with E-state index in [9.17, 15) is 9.18 Å². The zero-order valence-electron chi connectivity index (χ0n) is 13.9. The first-order valence-corrected chi connectivity index (χ1v) is 8.69. The Morgan fingerprint density at radius 3 is 2.67 bits per heavy atom. The third-order valence-electron chi connectivity index (χ3n) is 4.72. The molecule has 1 N–H and O–H groups in total. The number of piperidine rings is 1. The lowest BCUT2D eigenvalue weighted by Gasteiger charge is -2.32. The monoisotopic (exact) mass is 336 g/mol. The van der Waals surface area contributed by atoms with Gasteiger partial charge in [-0.05, 0) is 43.5 Å². The predicted octanol–water partition coefficient (Wildman–Crippen LogP) is 1.82. The van der Waals surface area contributed by atoms with Gasteiger partial charge in [-0.25, -0.2) is 4.39 Å². The molecule has 1 unspecified atom stereocenters. The highest BCUT2D eigenvalue weighted by molar-refractivity contribution is 5.79. The Morgan fingerprint density at radius 1 is 1.25 bits per heavy atom. The van der Waals surface area contributed by atoms with E-state index in [1.54, 1.807) is 12.1 Å². The van der Waals surface area contributed by atoms with Crippen LogP contribution in [0.5, 0.6) is 5.75 Å². The number of ether oxygens (including phenoxy) is 2. The second-order valence-corrected chi connectivity index (χ2v) is 6.49. The van der Waals surface area contributed by atoms with Crippen molar-refractivity contribution in [1.82, 2.24) is 10.2 Å². The van der Waals surface area contributed by atoms with Crippen LogP contribution in [0.25, 0.3) is 0 Å². The quantitative estimate of drug-likeness (QED) is 0.861. The maximum Gasteiger partial charge on any atom is 0.225 e. The summed E-state index contributed by atoms with van der Waals surface area (Å²) in [5, 5.41) is 3.16. The first-order valence-electron chi connectivity index (χ1n) is 8.69. The van der Waals surface area contributed by atoms with Gasteiger partial charge < -0.3 is 14.8 Å². The van der Waals surface area contributed by atoms with Crippen molar-refractivity contribution in [2.24, 2.45) is 5.92 Å². The number of rotatable bonds is 6. The smallest absolute Gasteiger partial charge is 0.225 e. The van der Waals surface area contributed by atoms with E-state index in [1.807, 2.05) is 0 Å². The molecule has 1 amide bonds. The lowest BCUT2D eigenvalue weighted by atomic mass is 10.0. The lowest BCUT2D eigenvalue weighted by Crippen LogP contribution is -2.47. The SMILES string of the molecule is O=C(NC1CCN(CCOc2ccc(F)cc2)CC1)C1CCOC1. The molecule has 3 rings (SSSR count). The molecule has 0 aromatic heterocycles. The summed E-state index contributed by atoms with van der Waals surface area (Å²) in [6, 6.07) is 6.36. The Kier molecular flexibility index (Phi) is 6.04. The fraction of sp³-hybridized carbons (Fsp3) is 0.611. The number of amides is 1. The number of nitrogens with zero attached hydrogens (tertiary/aromatic N) is 1. The number of carbonyl (C=O) groups excluding carboxylic acids is 1. The Bertz CT molecular complexity index is 524. The third kappa shape index (κ3) is 4.92. The van der Waals surface area contributed by atoms with Gasteiger partial charge in [0, 0.05) is 32.3 Å². The molecule has 2 fully saturated rings. The van der Waals surface area contributed by atoms with Gasteiger partial charge in [-0.1, -0.05) is 0 Å². The minimum absolute atomic E-state index is 0.0344. The van der Waals surface area contributed by atoms with Crippen molar-refractivity contribution < 1.29 is 18.7 Å². The molecular weight excluding hydrogens is 311 g/mol. The van der Waals surface area contributed by atoms with Crippen molar-refractivity contribution in [3.05, 3.63) is 30.1 Å². The van der Waals surface area contributed by atoms with Gasteiger partial charge in [0.1, 0.15) is 18.2 Å². The van der Waals surface area contributed by atoms with E-state index in [-0.39, 0.29) is 23.7 Å². The van der Waals surface area contributed by atoms with Crippen LogP contribution in [0.4, 0.5) is 4.39 Å². The zero-order chi connectivity index (χ0) is 16.8. The van der Waals surface area contributed by atoms with Crippen molar-refractivity contribution in [2.75, 3.05) is 39.5 Å². The van der Waals surface area contributed by atoms with Gasteiger partial charge in [0.2, 0.25) is 5.91 Å². The number of hydrogen-bond donors (Lipinski definition) is 1. The zero-order valence-corrected chi connectivity index (χ0v) is 13.9. The third-order valence-corrected chi connectivity index (χ3v) is 4.72. The van der Waals surface area contributed by atoms with E-state index in [1.165, 1.54) is 12.1 Å². The molecule has 2 aliphatic rings. The van der Waals surface area contributed by atoms with E-state index in [2.05, 4.69) is 10.2 Å². The molecule has 24 heavy (non-hydrogen) atoms. The van der Waals surface area contributed by atoms with Gasteiger partial charge in [-0.3, -0.25) is 9.69 Å². The molecule has 5 nitrogen and oxygen atoms in total. The summed E-state index contributed by atoms with van der Waals surface area (Å²) in [6.45, 7) is 4.60. The van der Waals surface area contributed by atoms with Crippen LogP contribution in [0.1, 0.15) is 19.3 Å². The molecule has 1 aromatic carbocycles. The molecule has 0 bridgehead atoms. The minimum atomic E-state index is -0.254. The van der Waals surface area contributed by atoms with Crippen LogP contribution in [-0.2, 0) is 9.53 Å². The standard InChI is InChI=1S/C18H25FN2O3/c19-15-1-3-17(4-2-15)24-12-10-21-8-5-16(6-9-21)20-18(22)14-7-11-23-13-14/h1-4,14,16H,5-13H2,(H,20,22). The summed E-state index contributed by atoms with van der Waals surface area (Å²) >= 11 is 0. The van der Waals surface area contributed by atoms with Crippen molar-refractivity contribution >= 4 is 5.91 Å². The highest BCUT2D eigenvalue weighted by Crippen LogP contribution is 2.16. The lowest BCUT2D eigenvalue weighted by molar-refractivity contribution is -0.126. The molecular formula is C18H25FN2O3. The van der Waals surface area contributed by atoms with Crippen LogP contribution >= 0.6 is 0 Å². The van der Waals surface area contributed by atoms with Gasteiger partial charge in [0.25, 0.3) is 0 Å². The van der Waals surface area contributed by atoms with Crippen molar-refractivity contribution in [3.8, 4) is 5.75 Å². The first kappa shape index (κ1) is 17.2. The summed E-state index contributed by atoms with van der Waals surface area (Å²) < 4.78 is 23.7. The van der Waals surface area contributed by atoms with Gasteiger partial charge in [0.15, 0.2) is 0 Å². The van der Waals surface area contributed by atoms with E-state index in [0.29, 0.717) is 25.6 Å². The number of halogens is 1. The molecule has 6 heteroatoms. The van der Waals surface area contributed by atoms with Crippen LogP contribution in [0.15, 0.2) is 24.3 Å². The molecule has 0 radical (unpaired) electrons. The van der Waals surface area contributed by atoms with Crippen LogP contribution in [0, 0.1) is 11.7 Å². The van der Waals surface area contributed by atoms with Crippen molar-refractivity contribution in [2.45, 2.75) is 25.3 Å². The molecule has 2 aliphatic heterocycles. The highest BCUT2D eigenvalue weighted by Gasteiger charge is 2.27. The molecule has 1 aromatic rings. The maximum atomic E-state index is 12.8. The topological polar surface area (TPSA) is 50.8 Å². The van der Waals surface area contributed by atoms with Gasteiger partial charge in [-0.2, -0.15) is 0 Å². The molecule has 0 aliphatic carbocycles. The number of carbonyl (C=O) groups is 1. The Labute approximate surface area is 142 Å². The normalized spacial score (nSPS) is 22.5. The fourth-order valence-electron chi connectivity index (χ4n) is 3.18. The van der Waals surface area contributed by atoms with Gasteiger partial charge in [0.05, 0.1) is 12.5 Å². The first-order chi connectivity index (χ1) is 11.7. The summed E-state index contributed by atoms with van der Waals surface area (Å²) in [5.41, 5.74) is 0. The van der Waals surface area contributed by atoms with Crippen LogP contribution in [-0.4, -0.2) is 56.3 Å². The Morgan fingerprint density at radius 2 is 2.00 bits per heavy atom. The number of benzene rings is 1. The second-order valence-electron chi connectivity index (χ2n) is 6.49. The second kappa shape index (κ2) is 8.44.